The smallest absolute Gasteiger partial charge is 0.193 e. The van der Waals surface area contributed by atoms with Crippen LogP contribution < -0.4 is 20.1 Å². The first-order valence-corrected chi connectivity index (χ1v) is 12.2. The molecule has 1 aliphatic rings. The van der Waals surface area contributed by atoms with E-state index in [4.69, 9.17) is 27.0 Å². The molecule has 0 aromatic heterocycles. The van der Waals surface area contributed by atoms with E-state index >= 15 is 0 Å². The fourth-order valence-corrected chi connectivity index (χ4v) is 4.65. The lowest BCUT2D eigenvalue weighted by Crippen LogP contribution is -2.45. The van der Waals surface area contributed by atoms with E-state index in [1.54, 1.807) is 18.2 Å². The Morgan fingerprint density at radius 2 is 1.71 bits per heavy atom. The molecule has 8 heteroatoms. The maximum Gasteiger partial charge on any atom is 0.193 e. The van der Waals surface area contributed by atoms with Gasteiger partial charge < -0.3 is 20.1 Å². The number of carbonyl (C=O) groups is 1. The average molecular weight is 548 g/mol. The van der Waals surface area contributed by atoms with Gasteiger partial charge in [-0.2, -0.15) is 5.26 Å². The first-order chi connectivity index (χ1) is 17.0. The molecule has 3 aromatic rings. The number of ether oxygens (including phenoxy) is 2. The number of thiocarbonyl (C=S) groups is 1. The summed E-state index contributed by atoms with van der Waals surface area (Å²) in [6.45, 7) is 2.16. The third kappa shape index (κ3) is 5.37. The van der Waals surface area contributed by atoms with Crippen LogP contribution in [0.4, 0.5) is 0 Å². The summed E-state index contributed by atoms with van der Waals surface area (Å²) in [5.74, 6) is 0.773. The molecule has 0 saturated heterocycles. The Labute approximate surface area is 217 Å². The number of ketones is 1. The van der Waals surface area contributed by atoms with Crippen molar-refractivity contribution in [1.82, 2.24) is 10.6 Å². The highest BCUT2D eigenvalue weighted by Gasteiger charge is 2.34. The van der Waals surface area contributed by atoms with Gasteiger partial charge in [0.2, 0.25) is 0 Å². The summed E-state index contributed by atoms with van der Waals surface area (Å²) in [7, 11) is 0. The van der Waals surface area contributed by atoms with E-state index in [-0.39, 0.29) is 12.4 Å². The molecule has 0 bridgehead atoms. The van der Waals surface area contributed by atoms with Crippen LogP contribution in [-0.4, -0.2) is 24.1 Å². The Morgan fingerprint density at radius 3 is 2.37 bits per heavy atom. The number of rotatable bonds is 8. The van der Waals surface area contributed by atoms with Gasteiger partial charge >= 0.3 is 0 Å². The minimum atomic E-state index is -0.578. The average Bonchev–Trinajstić information content (AvgIpc) is 2.89. The number of hydrogen-bond acceptors (Lipinski definition) is 5. The summed E-state index contributed by atoms with van der Waals surface area (Å²) in [6.07, 6.45) is 0. The van der Waals surface area contributed by atoms with Crippen molar-refractivity contribution in [3.63, 3.8) is 0 Å². The molecule has 1 atom stereocenters. The van der Waals surface area contributed by atoms with Gasteiger partial charge in [0.25, 0.3) is 0 Å². The fraction of sp³-hybridized carbons (Fsp3) is 0.148. The lowest BCUT2D eigenvalue weighted by molar-refractivity contribution is 0.102. The standard InChI is InChI=1S/C27H22BrN3O3S/c1-2-33-21-15-19(20(28)16-22(21)34-14-13-29)25-23(26(32)18-11-7-4-8-12-18)24(30-27(35)31-25)17-9-5-3-6-10-17/h3-12,15-16,25H,2,14H2,1H3,(H2,30,31,35)/t25-/m1/s1. The zero-order valence-corrected chi connectivity index (χ0v) is 21.3. The molecule has 0 spiro atoms. The Morgan fingerprint density at radius 1 is 1.06 bits per heavy atom. The molecule has 0 saturated carbocycles. The van der Waals surface area contributed by atoms with Crippen molar-refractivity contribution >= 4 is 44.7 Å². The van der Waals surface area contributed by atoms with Crippen molar-refractivity contribution in [1.29, 1.82) is 5.26 Å². The van der Waals surface area contributed by atoms with Gasteiger partial charge in [-0.25, -0.2) is 0 Å². The molecular weight excluding hydrogens is 526 g/mol. The van der Waals surface area contributed by atoms with Crippen LogP contribution in [0.25, 0.3) is 5.70 Å². The summed E-state index contributed by atoms with van der Waals surface area (Å²) in [5.41, 5.74) is 3.31. The number of nitriles is 1. The van der Waals surface area contributed by atoms with E-state index in [1.807, 2.05) is 67.6 Å². The van der Waals surface area contributed by atoms with Crippen LogP contribution >= 0.6 is 28.1 Å². The SMILES string of the molecule is CCOc1cc([C@H]2NC(=S)NC(c3ccccc3)=C2C(=O)c2ccccc2)c(Br)cc1OCC#N. The Kier molecular flexibility index (Phi) is 7.80. The normalized spacial score (nSPS) is 15.0. The van der Waals surface area contributed by atoms with E-state index in [2.05, 4.69) is 26.6 Å². The van der Waals surface area contributed by atoms with Gasteiger partial charge in [-0.3, -0.25) is 4.79 Å². The second-order valence-electron chi connectivity index (χ2n) is 7.58. The summed E-state index contributed by atoms with van der Waals surface area (Å²) in [6, 6.07) is 23.7. The van der Waals surface area contributed by atoms with Crippen molar-refractivity contribution in [2.75, 3.05) is 13.2 Å². The van der Waals surface area contributed by atoms with Gasteiger partial charge in [-0.1, -0.05) is 76.6 Å². The molecule has 35 heavy (non-hydrogen) atoms. The van der Waals surface area contributed by atoms with E-state index < -0.39 is 6.04 Å². The van der Waals surface area contributed by atoms with Crippen LogP contribution in [0.2, 0.25) is 0 Å². The second-order valence-corrected chi connectivity index (χ2v) is 8.84. The van der Waals surface area contributed by atoms with Crippen molar-refractivity contribution in [2.45, 2.75) is 13.0 Å². The quantitative estimate of drug-likeness (QED) is 0.282. The number of Topliss-reactive ketones (excluding diaryl/α,β-unsaturated/α-hetero) is 1. The van der Waals surface area contributed by atoms with Gasteiger partial charge in [0.1, 0.15) is 6.07 Å². The molecule has 4 rings (SSSR count). The minimum absolute atomic E-state index is 0.114. The molecule has 2 N–H and O–H groups in total. The number of nitrogens with one attached hydrogen (secondary N) is 2. The van der Waals surface area contributed by atoms with E-state index in [0.29, 0.717) is 44.5 Å². The highest BCUT2D eigenvalue weighted by atomic mass is 79.9. The molecule has 0 aliphatic carbocycles. The van der Waals surface area contributed by atoms with Crippen LogP contribution in [0.1, 0.15) is 34.5 Å². The summed E-state index contributed by atoms with van der Waals surface area (Å²) < 4.78 is 12.1. The van der Waals surface area contributed by atoms with Gasteiger partial charge in [0.15, 0.2) is 29.0 Å². The van der Waals surface area contributed by atoms with Crippen LogP contribution in [0.3, 0.4) is 0 Å². The van der Waals surface area contributed by atoms with Crippen molar-refractivity contribution < 1.29 is 14.3 Å². The van der Waals surface area contributed by atoms with Gasteiger partial charge in [0, 0.05) is 10.0 Å². The van der Waals surface area contributed by atoms with Crippen molar-refractivity contribution in [3.05, 3.63) is 99.5 Å². The lowest BCUT2D eigenvalue weighted by atomic mass is 9.87. The van der Waals surface area contributed by atoms with E-state index in [0.717, 1.165) is 11.1 Å². The number of hydrogen-bond donors (Lipinski definition) is 2. The zero-order valence-electron chi connectivity index (χ0n) is 18.9. The topological polar surface area (TPSA) is 83.4 Å². The van der Waals surface area contributed by atoms with Crippen molar-refractivity contribution in [3.8, 4) is 17.6 Å². The number of benzene rings is 3. The van der Waals surface area contributed by atoms with Gasteiger partial charge in [0.05, 0.1) is 23.9 Å². The van der Waals surface area contributed by atoms with E-state index in [9.17, 15) is 4.79 Å². The number of nitrogens with zero attached hydrogens (tertiary/aromatic N) is 1. The lowest BCUT2D eigenvalue weighted by Gasteiger charge is -2.32. The maximum atomic E-state index is 13.9. The summed E-state index contributed by atoms with van der Waals surface area (Å²) in [4.78, 5) is 13.9. The molecule has 3 aromatic carbocycles. The van der Waals surface area contributed by atoms with Crippen LogP contribution in [0, 0.1) is 11.3 Å². The molecule has 0 unspecified atom stereocenters. The molecule has 176 valence electrons. The fourth-order valence-electron chi connectivity index (χ4n) is 3.88. The van der Waals surface area contributed by atoms with Crippen LogP contribution in [0.5, 0.6) is 11.5 Å². The molecule has 1 aliphatic heterocycles. The largest absolute Gasteiger partial charge is 0.490 e. The summed E-state index contributed by atoms with van der Waals surface area (Å²) >= 11 is 9.18. The van der Waals surface area contributed by atoms with Crippen molar-refractivity contribution in [2.24, 2.45) is 0 Å². The first-order valence-electron chi connectivity index (χ1n) is 11.0. The number of halogens is 1. The third-order valence-corrected chi connectivity index (χ3v) is 6.29. The maximum absolute atomic E-state index is 13.9. The molecule has 1 heterocycles. The summed E-state index contributed by atoms with van der Waals surface area (Å²) in [5, 5.41) is 15.8. The van der Waals surface area contributed by atoms with Crippen LogP contribution in [-0.2, 0) is 0 Å². The minimum Gasteiger partial charge on any atom is -0.490 e. The monoisotopic (exact) mass is 547 g/mol. The number of carbonyl (C=O) groups excluding carboxylic acids is 1. The second kappa shape index (κ2) is 11.2. The zero-order chi connectivity index (χ0) is 24.8. The Hall–Kier alpha value is -3.67. The van der Waals surface area contributed by atoms with Gasteiger partial charge in [-0.15, -0.1) is 0 Å². The predicted molar refractivity (Wildman–Crippen MR) is 142 cm³/mol. The first kappa shape index (κ1) is 24.5. The third-order valence-electron chi connectivity index (χ3n) is 5.38. The predicted octanol–water partition coefficient (Wildman–Crippen LogP) is 5.56. The molecular formula is C27H22BrN3O3S. The van der Waals surface area contributed by atoms with Crippen LogP contribution in [0.15, 0.2) is 82.8 Å². The molecule has 0 fully saturated rings. The molecule has 0 amide bonds. The Balaban J connectivity index is 1.92. The molecule has 6 nitrogen and oxygen atoms in total. The highest BCUT2D eigenvalue weighted by Crippen LogP contribution is 2.41. The molecule has 0 radical (unpaired) electrons. The van der Waals surface area contributed by atoms with E-state index in [1.165, 1.54) is 0 Å². The Bertz CT molecular complexity index is 1320. The van der Waals surface area contributed by atoms with Gasteiger partial charge in [-0.05, 0) is 42.4 Å². The highest BCUT2D eigenvalue weighted by molar-refractivity contribution is 9.10.